The van der Waals surface area contributed by atoms with E-state index in [2.05, 4.69) is 5.32 Å². The second-order valence-corrected chi connectivity index (χ2v) is 4.27. The van der Waals surface area contributed by atoms with Crippen molar-refractivity contribution in [3.63, 3.8) is 0 Å². The van der Waals surface area contributed by atoms with Crippen LogP contribution in [0.25, 0.3) is 0 Å². The molecule has 0 saturated carbocycles. The Hall–Kier alpha value is -2.35. The number of carboxylic acids is 1. The van der Waals surface area contributed by atoms with Crippen LogP contribution in [0.15, 0.2) is 24.3 Å². The molecule has 5 heteroatoms. The quantitative estimate of drug-likeness (QED) is 0.815. The molecule has 100 valence electrons. The van der Waals surface area contributed by atoms with Gasteiger partial charge in [-0.15, -0.1) is 0 Å². The average Bonchev–Trinajstić information content (AvgIpc) is 2.42. The number of hydrogen-bond acceptors (Lipinski definition) is 3. The number of carbonyl (C=O) groups is 2. The summed E-state index contributed by atoms with van der Waals surface area (Å²) in [6, 6.07) is 8.27. The lowest BCUT2D eigenvalue weighted by Crippen LogP contribution is -2.30. The number of nitrogens with zero attached hydrogens (tertiary/aromatic N) is 1. The monoisotopic (exact) mass is 260 g/mol. The summed E-state index contributed by atoms with van der Waals surface area (Å²) in [6.07, 6.45) is 0.740. The number of rotatable bonds is 6. The summed E-state index contributed by atoms with van der Waals surface area (Å²) in [5, 5.41) is 20.1. The molecule has 0 aliphatic heterocycles. The van der Waals surface area contributed by atoms with Crippen LogP contribution in [-0.4, -0.2) is 23.5 Å². The summed E-state index contributed by atoms with van der Waals surface area (Å²) in [7, 11) is 0. The van der Waals surface area contributed by atoms with Crippen LogP contribution >= 0.6 is 0 Å². The standard InChI is InChI=1S/C14H16N2O3/c1-2-10(7-13(17)18)9-16-14(19)12-5-3-11(8-15)4-6-12/h3-6,10H,2,7,9H2,1H3,(H,16,19)(H,17,18). The first-order chi connectivity index (χ1) is 9.06. The second kappa shape index (κ2) is 7.17. The number of carboxylic acid groups (broad SMARTS) is 1. The van der Waals surface area contributed by atoms with Crippen molar-refractivity contribution < 1.29 is 14.7 Å². The maximum Gasteiger partial charge on any atom is 0.303 e. The van der Waals surface area contributed by atoms with Gasteiger partial charge in [-0.05, 0) is 30.2 Å². The summed E-state index contributed by atoms with van der Waals surface area (Å²) in [6.45, 7) is 2.23. The molecule has 0 aromatic heterocycles. The van der Waals surface area contributed by atoms with E-state index in [9.17, 15) is 9.59 Å². The third kappa shape index (κ3) is 4.80. The smallest absolute Gasteiger partial charge is 0.303 e. The van der Waals surface area contributed by atoms with Crippen molar-refractivity contribution in [3.8, 4) is 6.07 Å². The van der Waals surface area contributed by atoms with Gasteiger partial charge in [0.1, 0.15) is 0 Å². The molecule has 5 nitrogen and oxygen atoms in total. The zero-order chi connectivity index (χ0) is 14.3. The van der Waals surface area contributed by atoms with Crippen LogP contribution in [0, 0.1) is 17.2 Å². The van der Waals surface area contributed by atoms with Crippen LogP contribution in [0.5, 0.6) is 0 Å². The van der Waals surface area contributed by atoms with Gasteiger partial charge in [0.25, 0.3) is 5.91 Å². The molecule has 1 aromatic rings. The number of nitrogens with one attached hydrogen (secondary N) is 1. The van der Waals surface area contributed by atoms with Crippen LogP contribution in [0.3, 0.4) is 0 Å². The lowest BCUT2D eigenvalue weighted by molar-refractivity contribution is -0.138. The summed E-state index contributed by atoms with van der Waals surface area (Å²) >= 11 is 0. The molecule has 0 aliphatic carbocycles. The van der Waals surface area contributed by atoms with Crippen LogP contribution in [0.4, 0.5) is 0 Å². The fourth-order valence-electron chi connectivity index (χ4n) is 1.64. The van der Waals surface area contributed by atoms with Crippen LogP contribution in [0.1, 0.15) is 35.7 Å². The Kier molecular flexibility index (Phi) is 5.55. The molecule has 0 spiro atoms. The van der Waals surface area contributed by atoms with Gasteiger partial charge in [-0.3, -0.25) is 9.59 Å². The molecule has 0 bridgehead atoms. The molecule has 1 aromatic carbocycles. The van der Waals surface area contributed by atoms with E-state index >= 15 is 0 Å². The highest BCUT2D eigenvalue weighted by Gasteiger charge is 2.13. The van der Waals surface area contributed by atoms with Crippen molar-refractivity contribution in [1.29, 1.82) is 5.26 Å². The van der Waals surface area contributed by atoms with E-state index in [0.717, 1.165) is 0 Å². The van der Waals surface area contributed by atoms with Gasteiger partial charge in [-0.1, -0.05) is 13.3 Å². The summed E-state index contributed by atoms with van der Waals surface area (Å²) in [5.74, 6) is -1.19. The molecule has 0 saturated heterocycles. The van der Waals surface area contributed by atoms with Crippen LogP contribution in [0.2, 0.25) is 0 Å². The Bertz CT molecular complexity index is 488. The molecular weight excluding hydrogens is 244 g/mol. The highest BCUT2D eigenvalue weighted by Crippen LogP contribution is 2.08. The number of benzene rings is 1. The Morgan fingerprint density at radius 1 is 1.37 bits per heavy atom. The highest BCUT2D eigenvalue weighted by atomic mass is 16.4. The average molecular weight is 260 g/mol. The van der Waals surface area contributed by atoms with Crippen molar-refractivity contribution in [1.82, 2.24) is 5.32 Å². The van der Waals surface area contributed by atoms with E-state index in [1.165, 1.54) is 0 Å². The van der Waals surface area contributed by atoms with E-state index in [-0.39, 0.29) is 18.2 Å². The Morgan fingerprint density at radius 3 is 2.47 bits per heavy atom. The number of carbonyl (C=O) groups excluding carboxylic acids is 1. The minimum absolute atomic E-state index is 0.0458. The number of aliphatic carboxylic acids is 1. The fraction of sp³-hybridized carbons (Fsp3) is 0.357. The molecule has 1 unspecified atom stereocenters. The largest absolute Gasteiger partial charge is 0.481 e. The van der Waals surface area contributed by atoms with E-state index in [1.807, 2.05) is 13.0 Å². The van der Waals surface area contributed by atoms with Gasteiger partial charge >= 0.3 is 5.97 Å². The molecule has 0 radical (unpaired) electrons. The van der Waals surface area contributed by atoms with Crippen molar-refractivity contribution in [2.24, 2.45) is 5.92 Å². The zero-order valence-electron chi connectivity index (χ0n) is 10.7. The van der Waals surface area contributed by atoms with Crippen LogP contribution < -0.4 is 5.32 Å². The molecule has 0 heterocycles. The molecule has 1 rings (SSSR count). The van der Waals surface area contributed by atoms with Gasteiger partial charge in [0.15, 0.2) is 0 Å². The third-order valence-corrected chi connectivity index (χ3v) is 2.87. The first kappa shape index (κ1) is 14.7. The minimum atomic E-state index is -0.862. The molecule has 1 atom stereocenters. The van der Waals surface area contributed by atoms with Gasteiger partial charge < -0.3 is 10.4 Å². The van der Waals surface area contributed by atoms with Gasteiger partial charge in [-0.2, -0.15) is 5.26 Å². The zero-order valence-corrected chi connectivity index (χ0v) is 10.7. The normalized spacial score (nSPS) is 11.4. The van der Waals surface area contributed by atoms with Gasteiger partial charge in [0.05, 0.1) is 11.6 Å². The van der Waals surface area contributed by atoms with Crippen molar-refractivity contribution >= 4 is 11.9 Å². The lowest BCUT2D eigenvalue weighted by Gasteiger charge is -2.13. The second-order valence-electron chi connectivity index (χ2n) is 4.27. The Labute approximate surface area is 111 Å². The Balaban J connectivity index is 2.54. The lowest BCUT2D eigenvalue weighted by atomic mass is 10.0. The van der Waals surface area contributed by atoms with Gasteiger partial charge in [0.2, 0.25) is 0 Å². The molecule has 2 N–H and O–H groups in total. The highest BCUT2D eigenvalue weighted by molar-refractivity contribution is 5.94. The maximum atomic E-state index is 11.8. The van der Waals surface area contributed by atoms with E-state index in [0.29, 0.717) is 24.1 Å². The molecule has 0 fully saturated rings. The van der Waals surface area contributed by atoms with E-state index in [1.54, 1.807) is 24.3 Å². The minimum Gasteiger partial charge on any atom is -0.481 e. The van der Waals surface area contributed by atoms with Gasteiger partial charge in [-0.25, -0.2) is 0 Å². The number of amides is 1. The maximum absolute atomic E-state index is 11.8. The molecular formula is C14H16N2O3. The van der Waals surface area contributed by atoms with E-state index < -0.39 is 5.97 Å². The summed E-state index contributed by atoms with van der Waals surface area (Å²) in [5.41, 5.74) is 0.957. The fourth-order valence-corrected chi connectivity index (χ4v) is 1.64. The first-order valence-corrected chi connectivity index (χ1v) is 6.07. The third-order valence-electron chi connectivity index (χ3n) is 2.87. The van der Waals surface area contributed by atoms with Gasteiger partial charge in [0, 0.05) is 18.5 Å². The van der Waals surface area contributed by atoms with Crippen molar-refractivity contribution in [3.05, 3.63) is 35.4 Å². The first-order valence-electron chi connectivity index (χ1n) is 6.07. The molecule has 19 heavy (non-hydrogen) atoms. The number of hydrogen-bond donors (Lipinski definition) is 2. The SMILES string of the molecule is CCC(CNC(=O)c1ccc(C#N)cc1)CC(=O)O. The molecule has 0 aliphatic rings. The number of nitriles is 1. The predicted octanol–water partition coefficient (Wildman–Crippen LogP) is 1.79. The summed E-state index contributed by atoms with van der Waals surface area (Å²) < 4.78 is 0. The van der Waals surface area contributed by atoms with Crippen molar-refractivity contribution in [2.45, 2.75) is 19.8 Å². The summed E-state index contributed by atoms with van der Waals surface area (Å²) in [4.78, 5) is 22.4. The predicted molar refractivity (Wildman–Crippen MR) is 69.5 cm³/mol. The van der Waals surface area contributed by atoms with Crippen LogP contribution in [-0.2, 0) is 4.79 Å². The molecule has 1 amide bonds. The Morgan fingerprint density at radius 2 is 2.00 bits per heavy atom. The van der Waals surface area contributed by atoms with E-state index in [4.69, 9.17) is 10.4 Å². The van der Waals surface area contributed by atoms with Crippen molar-refractivity contribution in [2.75, 3.05) is 6.54 Å². The topological polar surface area (TPSA) is 90.2 Å².